The molecule has 0 radical (unpaired) electrons. The van der Waals surface area contributed by atoms with Gasteiger partial charge in [-0.15, -0.1) is 0 Å². The molecule has 0 aromatic carbocycles. The molecule has 1 atom stereocenters. The summed E-state index contributed by atoms with van der Waals surface area (Å²) in [5.41, 5.74) is 0. The van der Waals surface area contributed by atoms with Gasteiger partial charge in [0.15, 0.2) is 0 Å². The second-order valence-electron chi connectivity index (χ2n) is 3.97. The monoisotopic (exact) mass is 184 g/mol. The van der Waals surface area contributed by atoms with Crippen LogP contribution in [0.3, 0.4) is 0 Å². The standard InChI is InChI=1S/C10H20N2O/c1-12(2)10(13)7-6-9-5-3-4-8-11-9/h9,11H,3-8H2,1-2H3. The van der Waals surface area contributed by atoms with Gasteiger partial charge in [0.25, 0.3) is 0 Å². The highest BCUT2D eigenvalue weighted by Gasteiger charge is 2.14. The van der Waals surface area contributed by atoms with Gasteiger partial charge in [-0.05, 0) is 25.8 Å². The van der Waals surface area contributed by atoms with Gasteiger partial charge in [0.05, 0.1) is 0 Å². The van der Waals surface area contributed by atoms with Crippen molar-refractivity contribution in [3.8, 4) is 0 Å². The zero-order chi connectivity index (χ0) is 9.68. The molecular formula is C10H20N2O. The first-order chi connectivity index (χ1) is 6.20. The third-order valence-corrected chi connectivity index (χ3v) is 2.62. The molecule has 76 valence electrons. The first kappa shape index (κ1) is 10.5. The molecule has 1 rings (SSSR count). The van der Waals surface area contributed by atoms with E-state index < -0.39 is 0 Å². The second kappa shape index (κ2) is 5.22. The number of rotatable bonds is 3. The highest BCUT2D eigenvalue weighted by Crippen LogP contribution is 2.11. The maximum absolute atomic E-state index is 11.3. The van der Waals surface area contributed by atoms with Crippen LogP contribution in [0, 0.1) is 0 Å². The van der Waals surface area contributed by atoms with Crippen LogP contribution in [-0.4, -0.2) is 37.5 Å². The topological polar surface area (TPSA) is 32.3 Å². The Morgan fingerprint density at radius 2 is 2.23 bits per heavy atom. The van der Waals surface area contributed by atoms with E-state index in [0.29, 0.717) is 12.5 Å². The number of nitrogens with one attached hydrogen (secondary N) is 1. The summed E-state index contributed by atoms with van der Waals surface area (Å²) in [6.07, 6.45) is 5.52. The van der Waals surface area contributed by atoms with Crippen LogP contribution in [0.25, 0.3) is 0 Å². The molecule has 1 amide bonds. The quantitative estimate of drug-likeness (QED) is 0.709. The highest BCUT2D eigenvalue weighted by atomic mass is 16.2. The summed E-state index contributed by atoms with van der Waals surface area (Å²) < 4.78 is 0. The van der Waals surface area contributed by atoms with Gasteiger partial charge in [-0.3, -0.25) is 4.79 Å². The fourth-order valence-corrected chi connectivity index (χ4v) is 1.69. The van der Waals surface area contributed by atoms with Crippen LogP contribution in [0.4, 0.5) is 0 Å². The zero-order valence-electron chi connectivity index (χ0n) is 8.68. The van der Waals surface area contributed by atoms with Crippen LogP contribution in [0.1, 0.15) is 32.1 Å². The number of nitrogens with zero attached hydrogens (tertiary/aromatic N) is 1. The van der Waals surface area contributed by atoms with Crippen LogP contribution in [0.2, 0.25) is 0 Å². The molecule has 3 nitrogen and oxygen atoms in total. The first-order valence-corrected chi connectivity index (χ1v) is 5.13. The molecule has 1 unspecified atom stereocenters. The average molecular weight is 184 g/mol. The van der Waals surface area contributed by atoms with Crippen molar-refractivity contribution < 1.29 is 4.79 Å². The summed E-state index contributed by atoms with van der Waals surface area (Å²) in [6.45, 7) is 1.13. The van der Waals surface area contributed by atoms with Crippen LogP contribution in [-0.2, 0) is 4.79 Å². The third kappa shape index (κ3) is 3.77. The van der Waals surface area contributed by atoms with E-state index in [0.717, 1.165) is 13.0 Å². The van der Waals surface area contributed by atoms with Crippen molar-refractivity contribution in [1.29, 1.82) is 0 Å². The highest BCUT2D eigenvalue weighted by molar-refractivity contribution is 5.75. The smallest absolute Gasteiger partial charge is 0.222 e. The molecule has 1 saturated heterocycles. The van der Waals surface area contributed by atoms with Gasteiger partial charge in [0, 0.05) is 26.6 Å². The molecule has 13 heavy (non-hydrogen) atoms. The maximum Gasteiger partial charge on any atom is 0.222 e. The Morgan fingerprint density at radius 1 is 1.46 bits per heavy atom. The Kier molecular flexibility index (Phi) is 4.22. The van der Waals surface area contributed by atoms with Gasteiger partial charge in [0.2, 0.25) is 5.91 Å². The lowest BCUT2D eigenvalue weighted by molar-refractivity contribution is -0.128. The minimum atomic E-state index is 0.243. The maximum atomic E-state index is 11.3. The molecule has 0 aromatic rings. The van der Waals surface area contributed by atoms with E-state index >= 15 is 0 Å². The van der Waals surface area contributed by atoms with E-state index in [2.05, 4.69) is 5.32 Å². The number of carbonyl (C=O) groups excluding carboxylic acids is 1. The molecule has 0 saturated carbocycles. The summed E-state index contributed by atoms with van der Waals surface area (Å²) in [6, 6.07) is 0.581. The summed E-state index contributed by atoms with van der Waals surface area (Å²) in [4.78, 5) is 13.0. The van der Waals surface area contributed by atoms with Gasteiger partial charge in [-0.25, -0.2) is 0 Å². The van der Waals surface area contributed by atoms with Crippen LogP contribution >= 0.6 is 0 Å². The van der Waals surface area contributed by atoms with Crippen LogP contribution in [0.5, 0.6) is 0 Å². The third-order valence-electron chi connectivity index (χ3n) is 2.62. The predicted molar refractivity (Wildman–Crippen MR) is 53.6 cm³/mol. The van der Waals surface area contributed by atoms with Gasteiger partial charge in [0.1, 0.15) is 0 Å². The summed E-state index contributed by atoms with van der Waals surface area (Å²) >= 11 is 0. The van der Waals surface area contributed by atoms with E-state index in [1.54, 1.807) is 4.90 Å². The largest absolute Gasteiger partial charge is 0.349 e. The average Bonchev–Trinajstić information content (AvgIpc) is 2.15. The number of hydrogen-bond donors (Lipinski definition) is 1. The van der Waals surface area contributed by atoms with E-state index in [4.69, 9.17) is 0 Å². The van der Waals surface area contributed by atoms with Gasteiger partial charge in [-0.1, -0.05) is 6.42 Å². The van der Waals surface area contributed by atoms with Crippen molar-refractivity contribution in [1.82, 2.24) is 10.2 Å². The lowest BCUT2D eigenvalue weighted by atomic mass is 10.0. The van der Waals surface area contributed by atoms with Gasteiger partial charge < -0.3 is 10.2 Å². The van der Waals surface area contributed by atoms with E-state index in [1.165, 1.54) is 19.3 Å². The van der Waals surface area contributed by atoms with Gasteiger partial charge in [-0.2, -0.15) is 0 Å². The van der Waals surface area contributed by atoms with Crippen LogP contribution in [0.15, 0.2) is 0 Å². The van der Waals surface area contributed by atoms with Crippen molar-refractivity contribution >= 4 is 5.91 Å². The molecule has 1 aliphatic heterocycles. The molecular weight excluding hydrogens is 164 g/mol. The summed E-state index contributed by atoms with van der Waals surface area (Å²) in [5, 5.41) is 3.44. The van der Waals surface area contributed by atoms with Crippen molar-refractivity contribution in [3.05, 3.63) is 0 Å². The number of carbonyl (C=O) groups is 1. The van der Waals surface area contributed by atoms with Crippen LogP contribution < -0.4 is 5.32 Å². The number of hydrogen-bond acceptors (Lipinski definition) is 2. The van der Waals surface area contributed by atoms with Crippen molar-refractivity contribution in [3.63, 3.8) is 0 Å². The first-order valence-electron chi connectivity index (χ1n) is 5.13. The van der Waals surface area contributed by atoms with Crippen molar-refractivity contribution in [2.75, 3.05) is 20.6 Å². The molecule has 1 aliphatic rings. The lowest BCUT2D eigenvalue weighted by Gasteiger charge is -2.23. The Labute approximate surface area is 80.5 Å². The van der Waals surface area contributed by atoms with Crippen molar-refractivity contribution in [2.24, 2.45) is 0 Å². The summed E-state index contributed by atoms with van der Waals surface area (Å²) in [7, 11) is 3.63. The molecule has 0 spiro atoms. The molecule has 0 aromatic heterocycles. The fourth-order valence-electron chi connectivity index (χ4n) is 1.69. The summed E-state index contributed by atoms with van der Waals surface area (Å²) in [5.74, 6) is 0.243. The Morgan fingerprint density at radius 3 is 2.77 bits per heavy atom. The number of piperidine rings is 1. The Bertz CT molecular complexity index is 162. The molecule has 1 N–H and O–H groups in total. The second-order valence-corrected chi connectivity index (χ2v) is 3.97. The molecule has 1 heterocycles. The number of amides is 1. The van der Waals surface area contributed by atoms with E-state index in [1.807, 2.05) is 14.1 Å². The molecule has 0 aliphatic carbocycles. The van der Waals surface area contributed by atoms with Gasteiger partial charge >= 0.3 is 0 Å². The Hall–Kier alpha value is -0.570. The van der Waals surface area contributed by atoms with E-state index in [9.17, 15) is 4.79 Å². The normalized spacial score (nSPS) is 22.8. The minimum absolute atomic E-state index is 0.243. The molecule has 1 fully saturated rings. The van der Waals surface area contributed by atoms with E-state index in [-0.39, 0.29) is 5.91 Å². The minimum Gasteiger partial charge on any atom is -0.349 e. The zero-order valence-corrected chi connectivity index (χ0v) is 8.68. The molecule has 0 bridgehead atoms. The van der Waals surface area contributed by atoms with Crippen molar-refractivity contribution in [2.45, 2.75) is 38.1 Å². The Balaban J connectivity index is 2.13. The molecule has 3 heteroatoms. The SMILES string of the molecule is CN(C)C(=O)CCC1CCCCN1. The lowest BCUT2D eigenvalue weighted by Crippen LogP contribution is -2.35. The fraction of sp³-hybridized carbons (Fsp3) is 0.900. The predicted octanol–water partition coefficient (Wildman–Crippen LogP) is 0.997.